The highest BCUT2D eigenvalue weighted by Gasteiger charge is 2.27. The Hall–Kier alpha value is -2.18. The number of rotatable bonds is 7. The number of piperidine rings is 1. The standard InChI is InChI=1S/C19H30N6O/c1-13(2)5-4-6-14(3)24-19(26)15-7-9-25(10-8-15)18-16-17(21-11-20-16)22-12-23-18/h11-15H,4-10H2,1-3H3,(H,24,26)(H,20,21,22,23). The first-order chi connectivity index (χ1) is 12.5. The lowest BCUT2D eigenvalue weighted by Crippen LogP contribution is -2.43. The van der Waals surface area contributed by atoms with Gasteiger partial charge in [-0.1, -0.05) is 26.7 Å². The second kappa shape index (κ2) is 8.47. The summed E-state index contributed by atoms with van der Waals surface area (Å²) in [5.74, 6) is 1.91. The maximum atomic E-state index is 12.5. The number of imidazole rings is 1. The monoisotopic (exact) mass is 358 g/mol. The smallest absolute Gasteiger partial charge is 0.223 e. The first-order valence-corrected chi connectivity index (χ1v) is 9.74. The van der Waals surface area contributed by atoms with Gasteiger partial charge in [0.05, 0.1) is 6.33 Å². The van der Waals surface area contributed by atoms with Crippen LogP contribution >= 0.6 is 0 Å². The van der Waals surface area contributed by atoms with Crippen molar-refractivity contribution in [3.05, 3.63) is 12.7 Å². The summed E-state index contributed by atoms with van der Waals surface area (Å²) in [4.78, 5) is 30.6. The van der Waals surface area contributed by atoms with Crippen LogP contribution in [-0.2, 0) is 4.79 Å². The molecule has 142 valence electrons. The van der Waals surface area contributed by atoms with E-state index in [1.807, 2.05) is 0 Å². The van der Waals surface area contributed by atoms with E-state index in [0.29, 0.717) is 5.65 Å². The summed E-state index contributed by atoms with van der Waals surface area (Å²) in [5, 5.41) is 3.20. The number of hydrogen-bond acceptors (Lipinski definition) is 5. The molecule has 2 aromatic rings. The number of amides is 1. The SMILES string of the molecule is CC(C)CCCC(C)NC(=O)C1CCN(c2ncnc3nc[nH]c23)CC1. The fourth-order valence-corrected chi connectivity index (χ4v) is 3.61. The lowest BCUT2D eigenvalue weighted by Gasteiger charge is -2.32. The number of aromatic nitrogens is 4. The molecule has 7 nitrogen and oxygen atoms in total. The Bertz CT molecular complexity index is 720. The van der Waals surface area contributed by atoms with Crippen molar-refractivity contribution in [3.63, 3.8) is 0 Å². The van der Waals surface area contributed by atoms with Crippen molar-refractivity contribution >= 4 is 22.9 Å². The van der Waals surface area contributed by atoms with Crippen LogP contribution in [0.5, 0.6) is 0 Å². The molecular formula is C19H30N6O. The van der Waals surface area contributed by atoms with Gasteiger partial charge in [0.2, 0.25) is 5.91 Å². The minimum atomic E-state index is 0.0953. The third-order valence-electron chi connectivity index (χ3n) is 5.18. The van der Waals surface area contributed by atoms with Crippen molar-refractivity contribution in [3.8, 4) is 0 Å². The van der Waals surface area contributed by atoms with Crippen LogP contribution in [0.25, 0.3) is 11.2 Å². The summed E-state index contributed by atoms with van der Waals surface area (Å²) in [5.41, 5.74) is 1.55. The molecule has 1 aliphatic heterocycles. The molecule has 0 aliphatic carbocycles. The predicted octanol–water partition coefficient (Wildman–Crippen LogP) is 2.90. The van der Waals surface area contributed by atoms with Gasteiger partial charge in [-0.15, -0.1) is 0 Å². The molecule has 1 atom stereocenters. The van der Waals surface area contributed by atoms with Crippen LogP contribution in [0.3, 0.4) is 0 Å². The van der Waals surface area contributed by atoms with Gasteiger partial charge in [0, 0.05) is 25.0 Å². The summed E-state index contributed by atoms with van der Waals surface area (Å²) in [6.07, 6.45) is 8.35. The lowest BCUT2D eigenvalue weighted by atomic mass is 9.95. The van der Waals surface area contributed by atoms with Gasteiger partial charge in [0.1, 0.15) is 11.8 Å². The summed E-state index contributed by atoms with van der Waals surface area (Å²) in [7, 11) is 0. The Kier molecular flexibility index (Phi) is 6.06. The summed E-state index contributed by atoms with van der Waals surface area (Å²) >= 11 is 0. The van der Waals surface area contributed by atoms with Crippen LogP contribution in [0, 0.1) is 11.8 Å². The molecule has 0 saturated carbocycles. The second-order valence-corrected chi connectivity index (χ2v) is 7.79. The topological polar surface area (TPSA) is 86.8 Å². The number of fused-ring (bicyclic) bond motifs is 1. The zero-order valence-corrected chi connectivity index (χ0v) is 16.0. The molecular weight excluding hydrogens is 328 g/mol. The third kappa shape index (κ3) is 4.51. The summed E-state index contributed by atoms with van der Waals surface area (Å²) < 4.78 is 0. The highest BCUT2D eigenvalue weighted by Crippen LogP contribution is 2.26. The van der Waals surface area contributed by atoms with E-state index in [2.05, 4.69) is 50.9 Å². The van der Waals surface area contributed by atoms with E-state index in [4.69, 9.17) is 0 Å². The average Bonchev–Trinajstić information content (AvgIpc) is 3.10. The van der Waals surface area contributed by atoms with Crippen LogP contribution in [-0.4, -0.2) is 45.0 Å². The normalized spacial score (nSPS) is 17.0. The molecule has 2 N–H and O–H groups in total. The van der Waals surface area contributed by atoms with Crippen molar-refractivity contribution < 1.29 is 4.79 Å². The highest BCUT2D eigenvalue weighted by molar-refractivity contribution is 5.83. The fraction of sp³-hybridized carbons (Fsp3) is 0.684. The molecule has 1 aliphatic rings. The average molecular weight is 358 g/mol. The van der Waals surface area contributed by atoms with Crippen molar-refractivity contribution in [1.29, 1.82) is 0 Å². The number of H-pyrrole nitrogens is 1. The molecule has 0 bridgehead atoms. The Morgan fingerprint density at radius 1 is 1.23 bits per heavy atom. The maximum Gasteiger partial charge on any atom is 0.223 e. The van der Waals surface area contributed by atoms with E-state index in [1.165, 1.54) is 12.8 Å². The van der Waals surface area contributed by atoms with Crippen LogP contribution < -0.4 is 10.2 Å². The molecule has 26 heavy (non-hydrogen) atoms. The molecule has 1 saturated heterocycles. The Morgan fingerprint density at radius 3 is 2.73 bits per heavy atom. The van der Waals surface area contributed by atoms with Crippen LogP contribution in [0.1, 0.15) is 52.9 Å². The lowest BCUT2D eigenvalue weighted by molar-refractivity contribution is -0.126. The number of carbonyl (C=O) groups is 1. The predicted molar refractivity (Wildman–Crippen MR) is 103 cm³/mol. The van der Waals surface area contributed by atoms with E-state index in [1.54, 1.807) is 12.7 Å². The van der Waals surface area contributed by atoms with E-state index in [0.717, 1.165) is 49.6 Å². The largest absolute Gasteiger partial charge is 0.355 e. The number of nitrogens with one attached hydrogen (secondary N) is 2. The van der Waals surface area contributed by atoms with Crippen LogP contribution in [0.4, 0.5) is 5.82 Å². The molecule has 2 aromatic heterocycles. The molecule has 7 heteroatoms. The number of nitrogens with zero attached hydrogens (tertiary/aromatic N) is 4. The molecule has 0 spiro atoms. The molecule has 0 radical (unpaired) electrons. The first kappa shape index (κ1) is 18.6. The minimum absolute atomic E-state index is 0.0953. The van der Waals surface area contributed by atoms with Gasteiger partial charge in [-0.3, -0.25) is 4.79 Å². The van der Waals surface area contributed by atoms with Crippen molar-refractivity contribution in [1.82, 2.24) is 25.3 Å². The van der Waals surface area contributed by atoms with Crippen molar-refractivity contribution in [2.24, 2.45) is 11.8 Å². The number of carbonyl (C=O) groups excluding carboxylic acids is 1. The highest BCUT2D eigenvalue weighted by atomic mass is 16.1. The van der Waals surface area contributed by atoms with Gasteiger partial charge in [0.25, 0.3) is 0 Å². The van der Waals surface area contributed by atoms with E-state index < -0.39 is 0 Å². The summed E-state index contributed by atoms with van der Waals surface area (Å²) in [6.45, 7) is 8.25. The zero-order valence-electron chi connectivity index (χ0n) is 16.0. The quantitative estimate of drug-likeness (QED) is 0.795. The maximum absolute atomic E-state index is 12.5. The number of anilines is 1. The first-order valence-electron chi connectivity index (χ1n) is 9.74. The van der Waals surface area contributed by atoms with Gasteiger partial charge in [0.15, 0.2) is 11.5 Å². The van der Waals surface area contributed by atoms with E-state index in [-0.39, 0.29) is 17.9 Å². The van der Waals surface area contributed by atoms with Gasteiger partial charge >= 0.3 is 0 Å². The van der Waals surface area contributed by atoms with E-state index >= 15 is 0 Å². The molecule has 0 aromatic carbocycles. The second-order valence-electron chi connectivity index (χ2n) is 7.79. The molecule has 1 unspecified atom stereocenters. The van der Waals surface area contributed by atoms with Gasteiger partial charge in [-0.05, 0) is 32.1 Å². The van der Waals surface area contributed by atoms with Crippen molar-refractivity contribution in [2.75, 3.05) is 18.0 Å². The van der Waals surface area contributed by atoms with Crippen LogP contribution in [0.2, 0.25) is 0 Å². The fourth-order valence-electron chi connectivity index (χ4n) is 3.61. The zero-order chi connectivity index (χ0) is 18.5. The van der Waals surface area contributed by atoms with Gasteiger partial charge in [-0.2, -0.15) is 0 Å². The van der Waals surface area contributed by atoms with Crippen molar-refractivity contribution in [2.45, 2.75) is 58.9 Å². The molecule has 3 rings (SSSR count). The van der Waals surface area contributed by atoms with Gasteiger partial charge < -0.3 is 15.2 Å². The Labute approximate surface area is 155 Å². The third-order valence-corrected chi connectivity index (χ3v) is 5.18. The summed E-state index contributed by atoms with van der Waals surface area (Å²) in [6, 6.07) is 0.255. The Balaban J connectivity index is 1.49. The minimum Gasteiger partial charge on any atom is -0.355 e. The van der Waals surface area contributed by atoms with E-state index in [9.17, 15) is 4.79 Å². The van der Waals surface area contributed by atoms with Gasteiger partial charge in [-0.25, -0.2) is 15.0 Å². The number of aromatic amines is 1. The molecule has 1 fully saturated rings. The van der Waals surface area contributed by atoms with Crippen LogP contribution in [0.15, 0.2) is 12.7 Å². The Morgan fingerprint density at radius 2 is 2.00 bits per heavy atom. The number of hydrogen-bond donors (Lipinski definition) is 2. The molecule has 1 amide bonds. The molecule has 3 heterocycles.